The molecule has 0 aromatic carbocycles. The van der Waals surface area contributed by atoms with Gasteiger partial charge in [-0.25, -0.2) is 0 Å². The monoisotopic (exact) mass is 201 g/mol. The lowest BCUT2D eigenvalue weighted by Gasteiger charge is -2.37. The second-order valence-electron chi connectivity index (χ2n) is 3.91. The van der Waals surface area contributed by atoms with Crippen molar-refractivity contribution in [2.75, 3.05) is 20.2 Å². The number of carbonyl (C=O) groups excluding carboxylic acids is 1. The van der Waals surface area contributed by atoms with Crippen molar-refractivity contribution < 1.29 is 14.3 Å². The third kappa shape index (κ3) is 2.69. The Morgan fingerprint density at radius 3 is 2.36 bits per heavy atom. The van der Waals surface area contributed by atoms with Crippen molar-refractivity contribution in [1.82, 2.24) is 4.90 Å². The summed E-state index contributed by atoms with van der Waals surface area (Å²) >= 11 is 0. The minimum absolute atomic E-state index is 0.172. The van der Waals surface area contributed by atoms with Gasteiger partial charge in [0.15, 0.2) is 0 Å². The van der Waals surface area contributed by atoms with E-state index in [1.54, 1.807) is 0 Å². The van der Waals surface area contributed by atoms with Gasteiger partial charge >= 0.3 is 5.97 Å². The molecular weight excluding hydrogens is 182 g/mol. The summed E-state index contributed by atoms with van der Waals surface area (Å²) in [5.74, 6) is -0.175. The maximum absolute atomic E-state index is 11.3. The van der Waals surface area contributed by atoms with Crippen molar-refractivity contribution in [2.24, 2.45) is 0 Å². The molecule has 0 amide bonds. The van der Waals surface area contributed by atoms with Crippen LogP contribution in [-0.4, -0.2) is 49.3 Å². The first-order chi connectivity index (χ1) is 6.54. The van der Waals surface area contributed by atoms with Crippen molar-refractivity contribution in [3.8, 4) is 0 Å². The summed E-state index contributed by atoms with van der Waals surface area (Å²) in [7, 11) is 1.42. The van der Waals surface area contributed by atoms with Crippen LogP contribution >= 0.6 is 0 Å². The largest absolute Gasteiger partial charge is 0.468 e. The summed E-state index contributed by atoms with van der Waals surface area (Å²) in [6.07, 6.45) is 0.372. The average molecular weight is 201 g/mol. The van der Waals surface area contributed by atoms with Gasteiger partial charge in [-0.2, -0.15) is 0 Å². The standard InChI is InChI=1S/C10H19NO3/c1-7-5-11(6-8(2)14-7)9(3)10(12)13-4/h7-9H,5-6H2,1-4H3. The van der Waals surface area contributed by atoms with E-state index >= 15 is 0 Å². The molecule has 14 heavy (non-hydrogen) atoms. The lowest BCUT2D eigenvalue weighted by molar-refractivity contribution is -0.151. The zero-order chi connectivity index (χ0) is 10.7. The topological polar surface area (TPSA) is 38.8 Å². The second-order valence-corrected chi connectivity index (χ2v) is 3.91. The second kappa shape index (κ2) is 4.75. The summed E-state index contributed by atoms with van der Waals surface area (Å²) in [6.45, 7) is 7.50. The molecule has 4 nitrogen and oxygen atoms in total. The summed E-state index contributed by atoms with van der Waals surface area (Å²) in [4.78, 5) is 13.4. The van der Waals surface area contributed by atoms with Crippen LogP contribution in [0.2, 0.25) is 0 Å². The van der Waals surface area contributed by atoms with Crippen molar-refractivity contribution >= 4 is 5.97 Å². The molecule has 0 spiro atoms. The predicted octanol–water partition coefficient (Wildman–Crippen LogP) is 0.657. The van der Waals surface area contributed by atoms with Gasteiger partial charge in [-0.3, -0.25) is 9.69 Å². The lowest BCUT2D eigenvalue weighted by atomic mass is 10.2. The Bertz CT molecular complexity index is 198. The number of nitrogens with zero attached hydrogens (tertiary/aromatic N) is 1. The number of methoxy groups -OCH3 is 1. The van der Waals surface area contributed by atoms with Gasteiger partial charge in [-0.15, -0.1) is 0 Å². The number of rotatable bonds is 2. The summed E-state index contributed by atoms with van der Waals surface area (Å²) in [5, 5.41) is 0. The first-order valence-corrected chi connectivity index (χ1v) is 5.02. The van der Waals surface area contributed by atoms with Crippen LogP contribution in [0.15, 0.2) is 0 Å². The third-order valence-corrected chi connectivity index (χ3v) is 2.54. The SMILES string of the molecule is COC(=O)C(C)N1CC(C)OC(C)C1. The molecule has 0 aromatic heterocycles. The average Bonchev–Trinajstić information content (AvgIpc) is 2.14. The summed E-state index contributed by atoms with van der Waals surface area (Å²) < 4.78 is 10.3. The van der Waals surface area contributed by atoms with Crippen molar-refractivity contribution in [1.29, 1.82) is 0 Å². The van der Waals surface area contributed by atoms with Crippen molar-refractivity contribution in [3.05, 3.63) is 0 Å². The number of morpholine rings is 1. The molecule has 3 unspecified atom stereocenters. The Hall–Kier alpha value is -0.610. The number of ether oxygens (including phenoxy) is 2. The van der Waals surface area contributed by atoms with E-state index in [1.807, 2.05) is 20.8 Å². The smallest absolute Gasteiger partial charge is 0.322 e. The van der Waals surface area contributed by atoms with Gasteiger partial charge in [-0.1, -0.05) is 0 Å². The van der Waals surface area contributed by atoms with E-state index < -0.39 is 0 Å². The molecule has 0 saturated carbocycles. The Morgan fingerprint density at radius 1 is 1.43 bits per heavy atom. The zero-order valence-electron chi connectivity index (χ0n) is 9.32. The van der Waals surface area contributed by atoms with Gasteiger partial charge < -0.3 is 9.47 Å². The predicted molar refractivity (Wildman–Crippen MR) is 53.1 cm³/mol. The van der Waals surface area contributed by atoms with Crippen LogP contribution in [0.4, 0.5) is 0 Å². The number of hydrogen-bond donors (Lipinski definition) is 0. The highest BCUT2D eigenvalue weighted by Gasteiger charge is 2.29. The van der Waals surface area contributed by atoms with Gasteiger partial charge in [-0.05, 0) is 20.8 Å². The highest BCUT2D eigenvalue weighted by molar-refractivity contribution is 5.75. The highest BCUT2D eigenvalue weighted by atomic mass is 16.5. The molecule has 1 saturated heterocycles. The molecule has 0 radical (unpaired) electrons. The summed E-state index contributed by atoms with van der Waals surface area (Å²) in [5.41, 5.74) is 0. The van der Waals surface area contributed by atoms with Crippen molar-refractivity contribution in [2.45, 2.75) is 39.0 Å². The highest BCUT2D eigenvalue weighted by Crippen LogP contribution is 2.13. The van der Waals surface area contributed by atoms with E-state index in [4.69, 9.17) is 9.47 Å². The van der Waals surface area contributed by atoms with Gasteiger partial charge in [0.2, 0.25) is 0 Å². The van der Waals surface area contributed by atoms with Gasteiger partial charge in [0.25, 0.3) is 0 Å². The molecule has 1 rings (SSSR count). The molecule has 0 aliphatic carbocycles. The molecule has 3 atom stereocenters. The van der Waals surface area contributed by atoms with E-state index in [0.717, 1.165) is 13.1 Å². The van der Waals surface area contributed by atoms with Gasteiger partial charge in [0, 0.05) is 13.1 Å². The Labute approximate surface area is 85.2 Å². The number of hydrogen-bond acceptors (Lipinski definition) is 4. The van der Waals surface area contributed by atoms with E-state index in [1.165, 1.54) is 7.11 Å². The molecular formula is C10H19NO3. The van der Waals surface area contributed by atoms with E-state index in [2.05, 4.69) is 4.90 Å². The molecule has 82 valence electrons. The first-order valence-electron chi connectivity index (χ1n) is 5.02. The first kappa shape index (κ1) is 11.5. The van der Waals surface area contributed by atoms with Crippen LogP contribution in [0.5, 0.6) is 0 Å². The fraction of sp³-hybridized carbons (Fsp3) is 0.900. The van der Waals surface area contributed by atoms with Gasteiger partial charge in [0.05, 0.1) is 19.3 Å². The fourth-order valence-electron chi connectivity index (χ4n) is 1.85. The summed E-state index contributed by atoms with van der Waals surface area (Å²) in [6, 6.07) is -0.172. The Balaban J connectivity index is 2.54. The van der Waals surface area contributed by atoms with Crippen LogP contribution < -0.4 is 0 Å². The Morgan fingerprint density at radius 2 is 1.93 bits per heavy atom. The zero-order valence-corrected chi connectivity index (χ0v) is 9.32. The third-order valence-electron chi connectivity index (χ3n) is 2.54. The van der Waals surface area contributed by atoms with Crippen LogP contribution in [-0.2, 0) is 14.3 Å². The minimum atomic E-state index is -0.175. The van der Waals surface area contributed by atoms with Crippen LogP contribution in [0.1, 0.15) is 20.8 Å². The van der Waals surface area contributed by atoms with Gasteiger partial charge in [0.1, 0.15) is 6.04 Å². The molecule has 1 heterocycles. The van der Waals surface area contributed by atoms with Crippen LogP contribution in [0.3, 0.4) is 0 Å². The fourth-order valence-corrected chi connectivity index (χ4v) is 1.85. The number of esters is 1. The Kier molecular flexibility index (Phi) is 3.89. The minimum Gasteiger partial charge on any atom is -0.468 e. The molecule has 0 bridgehead atoms. The van der Waals surface area contributed by atoms with Crippen LogP contribution in [0.25, 0.3) is 0 Å². The van der Waals surface area contributed by atoms with Crippen molar-refractivity contribution in [3.63, 3.8) is 0 Å². The molecule has 0 aromatic rings. The lowest BCUT2D eigenvalue weighted by Crippen LogP contribution is -2.51. The molecule has 0 N–H and O–H groups in total. The molecule has 1 aliphatic rings. The molecule has 1 aliphatic heterocycles. The normalized spacial score (nSPS) is 31.1. The van der Waals surface area contributed by atoms with Crippen LogP contribution in [0, 0.1) is 0 Å². The van der Waals surface area contributed by atoms with E-state index in [0.29, 0.717) is 0 Å². The van der Waals surface area contributed by atoms with E-state index in [-0.39, 0.29) is 24.2 Å². The van der Waals surface area contributed by atoms with E-state index in [9.17, 15) is 4.79 Å². The quantitative estimate of drug-likeness (QED) is 0.615. The molecule has 4 heteroatoms. The maximum atomic E-state index is 11.3. The maximum Gasteiger partial charge on any atom is 0.322 e. The molecule has 1 fully saturated rings. The number of carbonyl (C=O) groups is 1.